The molecule has 4 rings (SSSR count). The van der Waals surface area contributed by atoms with Crippen LogP contribution in [-0.4, -0.2) is 41.9 Å². The lowest BCUT2D eigenvalue weighted by Gasteiger charge is -2.26. The van der Waals surface area contributed by atoms with E-state index in [9.17, 15) is 18.0 Å². The average Bonchev–Trinajstić information content (AvgIpc) is 3.34. The highest BCUT2D eigenvalue weighted by Gasteiger charge is 2.29. The summed E-state index contributed by atoms with van der Waals surface area (Å²) in [5.74, 6) is -3.11. The number of carbonyl (C=O) groups is 1. The van der Waals surface area contributed by atoms with Gasteiger partial charge < -0.3 is 4.90 Å². The summed E-state index contributed by atoms with van der Waals surface area (Å²) in [5, 5.41) is 9.52. The SMILES string of the molecule is C\C=C(/C=C(F)\C(F)=C\F)c1c2c(nn1C)CN(C(=O)c1nccc3cnn(C)c13)CC2. The highest BCUT2D eigenvalue weighted by Crippen LogP contribution is 2.30. The van der Waals surface area contributed by atoms with Crippen LogP contribution in [0.1, 0.15) is 34.4 Å². The Morgan fingerprint density at radius 3 is 2.69 bits per heavy atom. The van der Waals surface area contributed by atoms with E-state index < -0.39 is 18.0 Å². The van der Waals surface area contributed by atoms with E-state index >= 15 is 0 Å². The molecule has 166 valence electrons. The lowest BCUT2D eigenvalue weighted by Crippen LogP contribution is -2.36. The minimum atomic E-state index is -1.58. The first-order valence-electron chi connectivity index (χ1n) is 9.96. The number of amides is 1. The number of pyridine rings is 1. The molecule has 0 atom stereocenters. The van der Waals surface area contributed by atoms with Crippen molar-refractivity contribution in [3.05, 3.63) is 71.2 Å². The highest BCUT2D eigenvalue weighted by molar-refractivity contribution is 6.03. The Hall–Kier alpha value is -3.69. The predicted octanol–water partition coefficient (Wildman–Crippen LogP) is 3.94. The van der Waals surface area contributed by atoms with Crippen molar-refractivity contribution in [1.29, 1.82) is 0 Å². The van der Waals surface area contributed by atoms with Crippen LogP contribution in [0, 0.1) is 0 Å². The molecule has 4 heterocycles. The molecule has 1 aliphatic rings. The number of hydrogen-bond donors (Lipinski definition) is 0. The van der Waals surface area contributed by atoms with Crippen LogP contribution in [-0.2, 0) is 27.1 Å². The molecule has 0 spiro atoms. The molecule has 3 aromatic rings. The van der Waals surface area contributed by atoms with Crippen molar-refractivity contribution in [3.8, 4) is 0 Å². The standard InChI is InChI=1S/C22H21F3N6O/c1-4-13(9-16(24)17(25)10-23)20-15-6-8-31(12-18(15)28-30(20)3)22(32)19-21-14(5-7-26-19)11-27-29(21)2/h4-5,7,9-11H,6,8,12H2,1-3H3/b13-4+,16-9+,17-10-. The maximum absolute atomic E-state index is 13.9. The smallest absolute Gasteiger partial charge is 0.275 e. The number of hydrogen-bond acceptors (Lipinski definition) is 4. The van der Waals surface area contributed by atoms with E-state index in [1.807, 2.05) is 0 Å². The van der Waals surface area contributed by atoms with E-state index in [1.54, 1.807) is 59.8 Å². The van der Waals surface area contributed by atoms with Crippen LogP contribution >= 0.6 is 0 Å². The van der Waals surface area contributed by atoms with Gasteiger partial charge in [-0.3, -0.25) is 14.2 Å². The molecule has 10 heteroatoms. The van der Waals surface area contributed by atoms with E-state index in [0.29, 0.717) is 41.1 Å². The Kier molecular flexibility index (Phi) is 5.68. The third-order valence-electron chi connectivity index (χ3n) is 5.53. The molecule has 7 nitrogen and oxygen atoms in total. The van der Waals surface area contributed by atoms with Gasteiger partial charge in [0.15, 0.2) is 17.3 Å². The molecule has 0 N–H and O–H groups in total. The summed E-state index contributed by atoms with van der Waals surface area (Å²) in [7, 11) is 3.45. The van der Waals surface area contributed by atoms with Crippen molar-refractivity contribution in [3.63, 3.8) is 0 Å². The quantitative estimate of drug-likeness (QED) is 0.574. The van der Waals surface area contributed by atoms with Crippen LogP contribution < -0.4 is 0 Å². The Morgan fingerprint density at radius 1 is 1.19 bits per heavy atom. The summed E-state index contributed by atoms with van der Waals surface area (Å²) in [5.41, 5.74) is 3.44. The third-order valence-corrected chi connectivity index (χ3v) is 5.53. The monoisotopic (exact) mass is 442 g/mol. The summed E-state index contributed by atoms with van der Waals surface area (Å²) in [6.07, 6.45) is 5.85. The largest absolute Gasteiger partial charge is 0.331 e. The zero-order chi connectivity index (χ0) is 23.0. The van der Waals surface area contributed by atoms with Gasteiger partial charge >= 0.3 is 0 Å². The summed E-state index contributed by atoms with van der Waals surface area (Å²) >= 11 is 0. The fourth-order valence-electron chi connectivity index (χ4n) is 4.03. The average molecular weight is 442 g/mol. The fraction of sp³-hybridized carbons (Fsp3) is 0.273. The maximum Gasteiger partial charge on any atom is 0.275 e. The third kappa shape index (κ3) is 3.61. The van der Waals surface area contributed by atoms with Crippen molar-refractivity contribution in [1.82, 2.24) is 29.4 Å². The second-order valence-corrected chi connectivity index (χ2v) is 7.43. The molecule has 0 saturated heterocycles. The van der Waals surface area contributed by atoms with Gasteiger partial charge in [0.2, 0.25) is 0 Å². The van der Waals surface area contributed by atoms with E-state index in [0.717, 1.165) is 17.0 Å². The van der Waals surface area contributed by atoms with Gasteiger partial charge in [0.05, 0.1) is 29.6 Å². The number of rotatable bonds is 4. The Bertz CT molecular complexity index is 1300. The molecular formula is C22H21F3N6O. The molecule has 0 bridgehead atoms. The summed E-state index contributed by atoms with van der Waals surface area (Å²) in [6.45, 7) is 2.33. The van der Waals surface area contributed by atoms with E-state index in [2.05, 4.69) is 15.2 Å². The van der Waals surface area contributed by atoms with Crippen molar-refractivity contribution < 1.29 is 18.0 Å². The molecule has 32 heavy (non-hydrogen) atoms. The molecule has 1 amide bonds. The van der Waals surface area contributed by atoms with Gasteiger partial charge in [-0.1, -0.05) is 6.08 Å². The van der Waals surface area contributed by atoms with E-state index in [-0.39, 0.29) is 12.5 Å². The Morgan fingerprint density at radius 2 is 1.97 bits per heavy atom. The molecule has 0 saturated carbocycles. The number of aromatic nitrogens is 5. The normalized spacial score (nSPS) is 15.4. The van der Waals surface area contributed by atoms with Gasteiger partial charge in [-0.25, -0.2) is 18.2 Å². The van der Waals surface area contributed by atoms with Crippen molar-refractivity contribution in [2.24, 2.45) is 14.1 Å². The van der Waals surface area contributed by atoms with Crippen LogP contribution in [0.15, 0.2) is 48.6 Å². The zero-order valence-corrected chi connectivity index (χ0v) is 17.8. The van der Waals surface area contributed by atoms with Gasteiger partial charge in [-0.2, -0.15) is 10.2 Å². The first-order valence-corrected chi connectivity index (χ1v) is 9.96. The minimum absolute atomic E-state index is 0.232. The molecule has 0 fully saturated rings. The van der Waals surface area contributed by atoms with Gasteiger partial charge in [0.1, 0.15) is 6.33 Å². The summed E-state index contributed by atoms with van der Waals surface area (Å²) in [4.78, 5) is 19.2. The lowest BCUT2D eigenvalue weighted by molar-refractivity contribution is 0.0728. The molecule has 0 unspecified atom stereocenters. The van der Waals surface area contributed by atoms with Crippen molar-refractivity contribution in [2.45, 2.75) is 19.9 Å². The zero-order valence-electron chi connectivity index (χ0n) is 17.8. The summed E-state index contributed by atoms with van der Waals surface area (Å²) < 4.78 is 42.7. The van der Waals surface area contributed by atoms with Crippen molar-refractivity contribution in [2.75, 3.05) is 6.54 Å². The van der Waals surface area contributed by atoms with Crippen LogP contribution in [0.2, 0.25) is 0 Å². The topological polar surface area (TPSA) is 68.8 Å². The number of aryl methyl sites for hydroxylation is 2. The van der Waals surface area contributed by atoms with Gasteiger partial charge in [0.25, 0.3) is 5.91 Å². The second-order valence-electron chi connectivity index (χ2n) is 7.43. The molecule has 0 radical (unpaired) electrons. The fourth-order valence-corrected chi connectivity index (χ4v) is 4.03. The van der Waals surface area contributed by atoms with Crippen molar-refractivity contribution >= 4 is 22.4 Å². The molecule has 0 aliphatic carbocycles. The molecule has 1 aliphatic heterocycles. The summed E-state index contributed by atoms with van der Waals surface area (Å²) in [6, 6.07) is 1.80. The molecular weight excluding hydrogens is 421 g/mol. The number of fused-ring (bicyclic) bond motifs is 2. The van der Waals surface area contributed by atoms with Crippen LogP contribution in [0.3, 0.4) is 0 Å². The van der Waals surface area contributed by atoms with Gasteiger partial charge in [-0.15, -0.1) is 0 Å². The minimum Gasteiger partial charge on any atom is -0.331 e. The number of nitrogens with zero attached hydrogens (tertiary/aromatic N) is 6. The number of allylic oxidation sites excluding steroid dienone is 5. The predicted molar refractivity (Wildman–Crippen MR) is 113 cm³/mol. The first kappa shape index (κ1) is 21.5. The van der Waals surface area contributed by atoms with Gasteiger partial charge in [-0.05, 0) is 31.1 Å². The Labute approximate surface area is 182 Å². The van der Waals surface area contributed by atoms with E-state index in [4.69, 9.17) is 0 Å². The molecule has 3 aromatic heterocycles. The van der Waals surface area contributed by atoms with Crippen LogP contribution in [0.4, 0.5) is 13.2 Å². The van der Waals surface area contributed by atoms with Crippen LogP contribution in [0.25, 0.3) is 16.5 Å². The number of carbonyl (C=O) groups excluding carboxylic acids is 1. The Balaban J connectivity index is 1.66. The van der Waals surface area contributed by atoms with Gasteiger partial charge in [0, 0.05) is 37.8 Å². The highest BCUT2D eigenvalue weighted by atomic mass is 19.2. The van der Waals surface area contributed by atoms with E-state index in [1.165, 1.54) is 0 Å². The maximum atomic E-state index is 13.9. The first-order chi connectivity index (χ1) is 15.3. The van der Waals surface area contributed by atoms with Crippen LogP contribution in [0.5, 0.6) is 0 Å². The lowest BCUT2D eigenvalue weighted by atomic mass is 9.99. The second kappa shape index (κ2) is 8.45. The number of halogens is 3. The molecule has 0 aromatic carbocycles.